The van der Waals surface area contributed by atoms with Gasteiger partial charge in [0.25, 0.3) is 10.0 Å². The van der Waals surface area contributed by atoms with Gasteiger partial charge in [-0.25, -0.2) is 8.42 Å². The molecule has 0 aliphatic carbocycles. The van der Waals surface area contributed by atoms with Crippen LogP contribution in [-0.4, -0.2) is 8.42 Å². The van der Waals surface area contributed by atoms with E-state index in [0.29, 0.717) is 21.3 Å². The molecule has 0 aliphatic rings. The topological polar surface area (TPSA) is 72.2 Å². The first-order chi connectivity index (χ1) is 9.72. The maximum absolute atomic E-state index is 12.5. The number of aryl methyl sites for hydroxylation is 2. The third-order valence-corrected chi connectivity index (χ3v) is 5.18. The van der Waals surface area contributed by atoms with Crippen molar-refractivity contribution in [2.24, 2.45) is 0 Å². The third-order valence-electron chi connectivity index (χ3n) is 3.04. The smallest absolute Gasteiger partial charge is 0.262 e. The van der Waals surface area contributed by atoms with Crippen molar-refractivity contribution in [3.63, 3.8) is 0 Å². The van der Waals surface area contributed by atoms with Crippen molar-refractivity contribution in [2.45, 2.75) is 18.7 Å². The second-order valence-electron chi connectivity index (χ2n) is 4.68. The highest BCUT2D eigenvalue weighted by Gasteiger charge is 2.20. The SMILES string of the molecule is Cc1cc(Cl)c(N)cc1S(=O)(=O)Nc1c(C)cccc1Cl. The predicted octanol–water partition coefficient (Wildman–Crippen LogP) is 3.99. The predicted molar refractivity (Wildman–Crippen MR) is 87.6 cm³/mol. The molecule has 21 heavy (non-hydrogen) atoms. The van der Waals surface area contributed by atoms with Crippen molar-refractivity contribution >= 4 is 44.6 Å². The molecule has 3 N–H and O–H groups in total. The van der Waals surface area contributed by atoms with Gasteiger partial charge in [0.15, 0.2) is 0 Å². The van der Waals surface area contributed by atoms with Gasteiger partial charge in [0.1, 0.15) is 0 Å². The molecule has 0 atom stereocenters. The number of nitrogen functional groups attached to an aromatic ring is 1. The van der Waals surface area contributed by atoms with Crippen LogP contribution >= 0.6 is 23.2 Å². The van der Waals surface area contributed by atoms with Crippen molar-refractivity contribution in [2.75, 3.05) is 10.5 Å². The molecule has 0 saturated heterocycles. The number of halogens is 2. The third kappa shape index (κ3) is 3.26. The van der Waals surface area contributed by atoms with Gasteiger partial charge >= 0.3 is 0 Å². The Labute approximate surface area is 133 Å². The van der Waals surface area contributed by atoms with Gasteiger partial charge in [-0.1, -0.05) is 35.3 Å². The van der Waals surface area contributed by atoms with Crippen molar-refractivity contribution in [1.29, 1.82) is 0 Å². The van der Waals surface area contributed by atoms with Gasteiger partial charge in [0, 0.05) is 0 Å². The summed E-state index contributed by atoms with van der Waals surface area (Å²) in [4.78, 5) is 0.0729. The lowest BCUT2D eigenvalue weighted by Crippen LogP contribution is -2.15. The molecule has 2 rings (SSSR count). The molecule has 0 amide bonds. The molecule has 0 heterocycles. The average molecular weight is 345 g/mol. The molecule has 0 fully saturated rings. The van der Waals surface area contributed by atoms with Crippen LogP contribution in [0.5, 0.6) is 0 Å². The van der Waals surface area contributed by atoms with E-state index in [-0.39, 0.29) is 10.6 Å². The fraction of sp³-hybridized carbons (Fsp3) is 0.143. The summed E-state index contributed by atoms with van der Waals surface area (Å²) in [6, 6.07) is 8.00. The first-order valence-electron chi connectivity index (χ1n) is 6.06. The van der Waals surface area contributed by atoms with Crippen molar-refractivity contribution < 1.29 is 8.42 Å². The largest absolute Gasteiger partial charge is 0.397 e. The van der Waals surface area contributed by atoms with Crippen LogP contribution in [-0.2, 0) is 10.0 Å². The van der Waals surface area contributed by atoms with Crippen LogP contribution in [0.2, 0.25) is 10.0 Å². The Hall–Kier alpha value is -1.43. The van der Waals surface area contributed by atoms with Crippen molar-refractivity contribution in [1.82, 2.24) is 0 Å². The standard InChI is InChI=1S/C14H14Cl2N2O2S/c1-8-4-3-5-10(15)14(8)18-21(19,20)13-7-12(17)11(16)6-9(13)2/h3-7,18H,17H2,1-2H3. The van der Waals surface area contributed by atoms with Gasteiger partial charge in [0.2, 0.25) is 0 Å². The summed E-state index contributed by atoms with van der Waals surface area (Å²) < 4.78 is 27.5. The first kappa shape index (κ1) is 15.9. The Balaban J connectivity index is 2.51. The molecule has 4 nitrogen and oxygen atoms in total. The molecule has 0 aliphatic heterocycles. The van der Waals surface area contributed by atoms with Crippen LogP contribution in [0, 0.1) is 13.8 Å². The minimum Gasteiger partial charge on any atom is -0.397 e. The summed E-state index contributed by atoms with van der Waals surface area (Å²) in [5.74, 6) is 0. The maximum atomic E-state index is 12.5. The number of sulfonamides is 1. The quantitative estimate of drug-likeness (QED) is 0.826. The average Bonchev–Trinajstić information content (AvgIpc) is 2.38. The monoisotopic (exact) mass is 344 g/mol. The molecule has 0 aromatic heterocycles. The van der Waals surface area contributed by atoms with Gasteiger partial charge < -0.3 is 5.73 Å². The normalized spacial score (nSPS) is 11.4. The van der Waals surface area contributed by atoms with Crippen LogP contribution < -0.4 is 10.5 Å². The van der Waals surface area contributed by atoms with Crippen LogP contribution in [0.4, 0.5) is 11.4 Å². The van der Waals surface area contributed by atoms with Gasteiger partial charge in [-0.05, 0) is 43.2 Å². The molecule has 0 saturated carbocycles. The zero-order valence-corrected chi connectivity index (χ0v) is 13.8. The number of rotatable bonds is 3. The molecular weight excluding hydrogens is 331 g/mol. The summed E-state index contributed by atoms with van der Waals surface area (Å²) in [5, 5.41) is 0.651. The maximum Gasteiger partial charge on any atom is 0.262 e. The Bertz CT molecular complexity index is 785. The minimum atomic E-state index is -3.80. The van der Waals surface area contributed by atoms with Gasteiger partial charge in [-0.3, -0.25) is 4.72 Å². The molecule has 0 unspecified atom stereocenters. The van der Waals surface area contributed by atoms with E-state index < -0.39 is 10.0 Å². The zero-order valence-electron chi connectivity index (χ0n) is 11.4. The van der Waals surface area contributed by atoms with E-state index in [1.165, 1.54) is 12.1 Å². The lowest BCUT2D eigenvalue weighted by molar-refractivity contribution is 0.600. The molecule has 2 aromatic carbocycles. The highest BCUT2D eigenvalue weighted by molar-refractivity contribution is 7.92. The van der Waals surface area contributed by atoms with E-state index in [9.17, 15) is 8.42 Å². The summed E-state index contributed by atoms with van der Waals surface area (Å²) in [6.45, 7) is 3.42. The number of nitrogens with two attached hydrogens (primary N) is 1. The van der Waals surface area contributed by atoms with Gasteiger partial charge in [-0.2, -0.15) is 0 Å². The number of hydrogen-bond acceptors (Lipinski definition) is 3. The Morgan fingerprint density at radius 1 is 1.05 bits per heavy atom. The molecule has 2 aromatic rings. The fourth-order valence-electron chi connectivity index (χ4n) is 1.91. The highest BCUT2D eigenvalue weighted by Crippen LogP contribution is 2.31. The molecule has 7 heteroatoms. The molecule has 0 spiro atoms. The molecule has 0 radical (unpaired) electrons. The van der Waals surface area contributed by atoms with Crippen LogP contribution in [0.15, 0.2) is 35.2 Å². The minimum absolute atomic E-state index is 0.0729. The number of hydrogen-bond donors (Lipinski definition) is 2. The Morgan fingerprint density at radius 3 is 2.33 bits per heavy atom. The summed E-state index contributed by atoms with van der Waals surface area (Å²) in [5.41, 5.74) is 7.48. The van der Waals surface area contributed by atoms with E-state index in [2.05, 4.69) is 4.72 Å². The van der Waals surface area contributed by atoms with E-state index >= 15 is 0 Å². The second kappa shape index (κ2) is 5.75. The van der Waals surface area contributed by atoms with Crippen LogP contribution in [0.3, 0.4) is 0 Å². The molecule has 112 valence electrons. The summed E-state index contributed by atoms with van der Waals surface area (Å²) in [7, 11) is -3.80. The molecular formula is C14H14Cl2N2O2S. The lowest BCUT2D eigenvalue weighted by Gasteiger charge is -2.14. The van der Waals surface area contributed by atoms with Gasteiger partial charge in [-0.15, -0.1) is 0 Å². The summed E-state index contributed by atoms with van der Waals surface area (Å²) in [6.07, 6.45) is 0. The summed E-state index contributed by atoms with van der Waals surface area (Å²) >= 11 is 11.9. The fourth-order valence-corrected chi connectivity index (χ4v) is 3.87. The van der Waals surface area contributed by atoms with Crippen LogP contribution in [0.1, 0.15) is 11.1 Å². The second-order valence-corrected chi connectivity index (χ2v) is 7.14. The van der Waals surface area contributed by atoms with Crippen molar-refractivity contribution in [3.8, 4) is 0 Å². The lowest BCUT2D eigenvalue weighted by atomic mass is 10.2. The van der Waals surface area contributed by atoms with E-state index in [4.69, 9.17) is 28.9 Å². The van der Waals surface area contributed by atoms with E-state index in [0.717, 1.165) is 5.56 Å². The number of benzene rings is 2. The first-order valence-corrected chi connectivity index (χ1v) is 8.30. The number of anilines is 2. The van der Waals surface area contributed by atoms with Crippen molar-refractivity contribution in [3.05, 3.63) is 51.5 Å². The Kier molecular flexibility index (Phi) is 4.37. The van der Waals surface area contributed by atoms with E-state index in [1.54, 1.807) is 32.0 Å². The molecule has 0 bridgehead atoms. The Morgan fingerprint density at radius 2 is 1.71 bits per heavy atom. The van der Waals surface area contributed by atoms with E-state index in [1.807, 2.05) is 0 Å². The van der Waals surface area contributed by atoms with Gasteiger partial charge in [0.05, 0.1) is 26.3 Å². The number of nitrogens with one attached hydrogen (secondary N) is 1. The van der Waals surface area contributed by atoms with Crippen LogP contribution in [0.25, 0.3) is 0 Å². The number of para-hydroxylation sites is 1. The highest BCUT2D eigenvalue weighted by atomic mass is 35.5. The zero-order chi connectivity index (χ0) is 15.8.